The molecular formula is C17H14N4. The summed E-state index contributed by atoms with van der Waals surface area (Å²) in [6.07, 6.45) is 7.04. The maximum absolute atomic E-state index is 4.62. The van der Waals surface area contributed by atoms with Crippen molar-refractivity contribution in [2.24, 2.45) is 4.99 Å². The molecule has 0 spiro atoms. The quantitative estimate of drug-likeness (QED) is 0.687. The molecule has 0 saturated carbocycles. The lowest BCUT2D eigenvalue weighted by Crippen LogP contribution is -2.03. The zero-order valence-electron chi connectivity index (χ0n) is 11.4. The molecule has 0 N–H and O–H groups in total. The summed E-state index contributed by atoms with van der Waals surface area (Å²) in [4.78, 5) is 17.7. The fourth-order valence-corrected chi connectivity index (χ4v) is 1.98. The fourth-order valence-electron chi connectivity index (χ4n) is 1.98. The van der Waals surface area contributed by atoms with Gasteiger partial charge in [-0.05, 0) is 36.4 Å². The Bertz CT molecular complexity index is 657. The molecule has 4 heteroatoms. The Morgan fingerprint density at radius 2 is 1.29 bits per heavy atom. The minimum atomic E-state index is -0.227. The molecule has 0 aromatic carbocycles. The van der Waals surface area contributed by atoms with Crippen LogP contribution in [0.3, 0.4) is 0 Å². The molecular weight excluding hydrogens is 260 g/mol. The first-order valence-electron chi connectivity index (χ1n) is 6.69. The smallest absolute Gasteiger partial charge is 0.134 e. The van der Waals surface area contributed by atoms with Crippen LogP contribution in [0.5, 0.6) is 0 Å². The number of aliphatic imine (C=N–C) groups is 1. The normalized spacial score (nSPS) is 11.1. The topological polar surface area (TPSA) is 51.0 Å². The molecule has 0 unspecified atom stereocenters. The van der Waals surface area contributed by atoms with Gasteiger partial charge in [0.05, 0.1) is 17.1 Å². The van der Waals surface area contributed by atoms with E-state index in [9.17, 15) is 0 Å². The molecule has 3 rings (SSSR count). The van der Waals surface area contributed by atoms with Gasteiger partial charge in [-0.15, -0.1) is 0 Å². The lowest BCUT2D eigenvalue weighted by Gasteiger charge is -2.10. The van der Waals surface area contributed by atoms with E-state index in [0.29, 0.717) is 0 Å². The van der Waals surface area contributed by atoms with Crippen LogP contribution >= 0.6 is 0 Å². The third-order valence-electron chi connectivity index (χ3n) is 2.98. The number of nitrogens with zero attached hydrogens (tertiary/aromatic N) is 4. The number of hydrogen-bond donors (Lipinski definition) is 0. The highest BCUT2D eigenvalue weighted by Gasteiger charge is 2.14. The Hall–Kier alpha value is -2.88. The fraction of sp³-hybridized carbons (Fsp3) is 0.0588. The highest BCUT2D eigenvalue weighted by Crippen LogP contribution is 2.22. The van der Waals surface area contributed by atoms with Crippen LogP contribution in [0.2, 0.25) is 0 Å². The zero-order valence-corrected chi connectivity index (χ0v) is 11.4. The van der Waals surface area contributed by atoms with Gasteiger partial charge in [0.25, 0.3) is 0 Å². The average Bonchev–Trinajstić information content (AvgIpc) is 2.58. The van der Waals surface area contributed by atoms with E-state index in [4.69, 9.17) is 0 Å². The predicted molar refractivity (Wildman–Crippen MR) is 82.1 cm³/mol. The molecule has 3 aromatic rings. The van der Waals surface area contributed by atoms with Crippen LogP contribution in [0.1, 0.15) is 23.1 Å². The van der Waals surface area contributed by atoms with E-state index in [1.165, 1.54) is 0 Å². The Balaban J connectivity index is 1.96. The van der Waals surface area contributed by atoms with Crippen molar-refractivity contribution in [3.63, 3.8) is 0 Å². The van der Waals surface area contributed by atoms with Crippen molar-refractivity contribution in [3.05, 3.63) is 90.3 Å². The molecule has 102 valence electrons. The van der Waals surface area contributed by atoms with E-state index in [2.05, 4.69) is 19.9 Å². The van der Waals surface area contributed by atoms with E-state index in [1.54, 1.807) is 24.8 Å². The molecule has 0 fully saturated rings. The summed E-state index contributed by atoms with van der Waals surface area (Å²) in [7, 11) is 0. The molecule has 0 radical (unpaired) electrons. The van der Waals surface area contributed by atoms with Gasteiger partial charge in [-0.3, -0.25) is 19.9 Å². The van der Waals surface area contributed by atoms with Gasteiger partial charge in [-0.25, -0.2) is 0 Å². The van der Waals surface area contributed by atoms with Gasteiger partial charge in [-0.2, -0.15) is 0 Å². The van der Waals surface area contributed by atoms with Gasteiger partial charge in [-0.1, -0.05) is 18.2 Å². The number of aromatic nitrogens is 3. The van der Waals surface area contributed by atoms with Crippen molar-refractivity contribution in [1.29, 1.82) is 0 Å². The third-order valence-corrected chi connectivity index (χ3v) is 2.98. The number of pyridine rings is 3. The van der Waals surface area contributed by atoms with Crippen LogP contribution in [0.4, 0.5) is 0 Å². The van der Waals surface area contributed by atoms with Crippen molar-refractivity contribution in [1.82, 2.24) is 15.0 Å². The minimum Gasteiger partial charge on any atom is -0.275 e. The zero-order chi connectivity index (χ0) is 14.3. The Morgan fingerprint density at radius 1 is 0.714 bits per heavy atom. The lowest BCUT2D eigenvalue weighted by atomic mass is 10.1. The molecule has 3 aromatic heterocycles. The van der Waals surface area contributed by atoms with Crippen molar-refractivity contribution in [3.8, 4) is 0 Å². The van der Waals surface area contributed by atoms with E-state index < -0.39 is 0 Å². The van der Waals surface area contributed by atoms with Crippen molar-refractivity contribution >= 4 is 6.21 Å². The van der Waals surface area contributed by atoms with Crippen molar-refractivity contribution in [2.45, 2.75) is 6.04 Å². The van der Waals surface area contributed by atoms with Gasteiger partial charge in [0, 0.05) is 24.8 Å². The van der Waals surface area contributed by atoms with Crippen LogP contribution in [0.15, 0.2) is 78.2 Å². The predicted octanol–water partition coefficient (Wildman–Crippen LogP) is 3.08. The highest BCUT2D eigenvalue weighted by atomic mass is 14.9. The van der Waals surface area contributed by atoms with E-state index in [-0.39, 0.29) is 6.04 Å². The molecule has 0 aliphatic carbocycles. The lowest BCUT2D eigenvalue weighted by molar-refractivity contribution is 0.799. The highest BCUT2D eigenvalue weighted by molar-refractivity contribution is 5.77. The first-order valence-corrected chi connectivity index (χ1v) is 6.69. The summed E-state index contributed by atoms with van der Waals surface area (Å²) < 4.78 is 0. The summed E-state index contributed by atoms with van der Waals surface area (Å²) in [5.41, 5.74) is 2.54. The molecule has 3 heterocycles. The van der Waals surface area contributed by atoms with Crippen molar-refractivity contribution in [2.75, 3.05) is 0 Å². The molecule has 0 amide bonds. The summed E-state index contributed by atoms with van der Waals surface area (Å²) in [6.45, 7) is 0. The van der Waals surface area contributed by atoms with Crippen LogP contribution in [-0.2, 0) is 0 Å². The molecule has 21 heavy (non-hydrogen) atoms. The number of hydrogen-bond acceptors (Lipinski definition) is 4. The average molecular weight is 274 g/mol. The summed E-state index contributed by atoms with van der Waals surface area (Å²) in [6, 6.07) is 17.1. The van der Waals surface area contributed by atoms with Crippen LogP contribution in [-0.4, -0.2) is 21.2 Å². The molecule has 0 bridgehead atoms. The Morgan fingerprint density at radius 3 is 1.76 bits per heavy atom. The van der Waals surface area contributed by atoms with Gasteiger partial charge < -0.3 is 0 Å². The molecule has 0 aliphatic heterocycles. The summed E-state index contributed by atoms with van der Waals surface area (Å²) >= 11 is 0. The van der Waals surface area contributed by atoms with Gasteiger partial charge in [0.1, 0.15) is 6.04 Å². The van der Waals surface area contributed by atoms with Crippen LogP contribution in [0, 0.1) is 0 Å². The largest absolute Gasteiger partial charge is 0.275 e. The summed E-state index contributed by atoms with van der Waals surface area (Å²) in [5.74, 6) is 0. The van der Waals surface area contributed by atoms with Crippen LogP contribution < -0.4 is 0 Å². The Kier molecular flexibility index (Phi) is 4.07. The van der Waals surface area contributed by atoms with Gasteiger partial charge in [0.2, 0.25) is 0 Å². The first kappa shape index (κ1) is 13.1. The molecule has 0 aliphatic rings. The molecule has 0 saturated heterocycles. The van der Waals surface area contributed by atoms with Crippen molar-refractivity contribution < 1.29 is 0 Å². The molecule has 4 nitrogen and oxygen atoms in total. The second-order valence-corrected chi connectivity index (χ2v) is 4.44. The van der Waals surface area contributed by atoms with Gasteiger partial charge in [0.15, 0.2) is 0 Å². The SMILES string of the molecule is C(=NC(c1ccccn1)c1ccccn1)c1ccccn1. The Labute approximate surface area is 123 Å². The molecule has 0 atom stereocenters. The first-order chi connectivity index (χ1) is 10.4. The maximum Gasteiger partial charge on any atom is 0.134 e. The second kappa shape index (κ2) is 6.52. The monoisotopic (exact) mass is 274 g/mol. The summed E-state index contributed by atoms with van der Waals surface area (Å²) in [5, 5.41) is 0. The van der Waals surface area contributed by atoms with E-state index in [1.807, 2.05) is 54.6 Å². The van der Waals surface area contributed by atoms with Crippen LogP contribution in [0.25, 0.3) is 0 Å². The standard InChI is InChI=1S/C17H14N4/c1-4-10-18-14(7-1)13-21-17(15-8-2-5-11-19-15)16-9-3-6-12-20-16/h1-13,17H. The maximum atomic E-state index is 4.62. The third kappa shape index (κ3) is 3.36. The number of rotatable bonds is 4. The van der Waals surface area contributed by atoms with Gasteiger partial charge >= 0.3 is 0 Å². The second-order valence-electron chi connectivity index (χ2n) is 4.44. The van der Waals surface area contributed by atoms with E-state index >= 15 is 0 Å². The van der Waals surface area contributed by atoms with E-state index in [0.717, 1.165) is 17.1 Å². The minimum absolute atomic E-state index is 0.227.